The van der Waals surface area contributed by atoms with Crippen LogP contribution in [0.25, 0.3) is 0 Å². The van der Waals surface area contributed by atoms with E-state index in [-0.39, 0.29) is 22.1 Å². The Bertz CT molecular complexity index is 661. The number of phenols is 2. The Hall–Kier alpha value is -2.20. The highest BCUT2D eigenvalue weighted by molar-refractivity contribution is 6.32. The summed E-state index contributed by atoms with van der Waals surface area (Å²) >= 11 is 5.60. The first-order valence-corrected chi connectivity index (χ1v) is 7.53. The summed E-state index contributed by atoms with van der Waals surface area (Å²) in [4.78, 5) is 10.6. The number of hydrogen-bond acceptors (Lipinski definition) is 3. The molecule has 0 saturated heterocycles. The van der Waals surface area contributed by atoms with Gasteiger partial charge in [0.25, 0.3) is 0 Å². The zero-order valence-corrected chi connectivity index (χ0v) is 14.5. The van der Waals surface area contributed by atoms with Gasteiger partial charge in [-0.25, -0.2) is 0 Å². The molecule has 4 nitrogen and oxygen atoms in total. The smallest absolute Gasteiger partial charge is 0.221 e. The molecule has 3 N–H and O–H groups in total. The van der Waals surface area contributed by atoms with E-state index in [2.05, 4.69) is 26.1 Å². The number of aromatic hydroxyl groups is 2. The molecule has 0 heterocycles. The van der Waals surface area contributed by atoms with Gasteiger partial charge in [0.1, 0.15) is 11.5 Å². The van der Waals surface area contributed by atoms with Gasteiger partial charge in [-0.1, -0.05) is 44.5 Å². The first kappa shape index (κ1) is 18.8. The van der Waals surface area contributed by atoms with E-state index in [4.69, 9.17) is 21.8 Å². The maximum Gasteiger partial charge on any atom is 0.221 e. The summed E-state index contributed by atoms with van der Waals surface area (Å²) in [6.07, 6.45) is 0. The molecule has 0 aliphatic carbocycles. The zero-order valence-electron chi connectivity index (χ0n) is 13.7. The summed E-state index contributed by atoms with van der Waals surface area (Å²) in [5.41, 5.74) is 1.99. The van der Waals surface area contributed by atoms with Gasteiger partial charge in [0.15, 0.2) is 0 Å². The van der Waals surface area contributed by atoms with Gasteiger partial charge in [0.05, 0.1) is 5.02 Å². The fourth-order valence-electron chi connectivity index (χ4n) is 1.75. The van der Waals surface area contributed by atoms with Crippen molar-refractivity contribution in [1.29, 1.82) is 0 Å². The number of anilines is 1. The maximum absolute atomic E-state index is 10.6. The Labute approximate surface area is 141 Å². The van der Waals surface area contributed by atoms with Crippen molar-refractivity contribution in [2.75, 3.05) is 5.32 Å². The average Bonchev–Trinajstić information content (AvgIpc) is 2.42. The molecule has 0 aliphatic heterocycles. The van der Waals surface area contributed by atoms with Gasteiger partial charge in [-0.15, -0.1) is 0 Å². The highest BCUT2D eigenvalue weighted by Crippen LogP contribution is 2.26. The van der Waals surface area contributed by atoms with Crippen molar-refractivity contribution in [2.45, 2.75) is 33.1 Å². The molecule has 0 radical (unpaired) electrons. The normalized spacial score (nSPS) is 10.5. The van der Waals surface area contributed by atoms with E-state index in [9.17, 15) is 4.79 Å². The van der Waals surface area contributed by atoms with Gasteiger partial charge in [-0.05, 0) is 41.3 Å². The number of carbonyl (C=O) groups excluding carboxylic acids is 1. The molecule has 0 saturated carbocycles. The van der Waals surface area contributed by atoms with Crippen molar-refractivity contribution < 1.29 is 15.0 Å². The lowest BCUT2D eigenvalue weighted by Gasteiger charge is -2.18. The van der Waals surface area contributed by atoms with Crippen LogP contribution in [0.4, 0.5) is 5.69 Å². The lowest BCUT2D eigenvalue weighted by atomic mass is 9.87. The lowest BCUT2D eigenvalue weighted by molar-refractivity contribution is -0.114. The molecule has 2 rings (SSSR count). The summed E-state index contributed by atoms with van der Waals surface area (Å²) in [5.74, 6) is 0.167. The van der Waals surface area contributed by atoms with Crippen molar-refractivity contribution in [3.05, 3.63) is 53.1 Å². The van der Waals surface area contributed by atoms with E-state index >= 15 is 0 Å². The average molecular weight is 336 g/mol. The van der Waals surface area contributed by atoms with Crippen LogP contribution in [0.5, 0.6) is 11.5 Å². The van der Waals surface area contributed by atoms with E-state index in [0.29, 0.717) is 11.4 Å². The predicted octanol–water partition coefficient (Wildman–Crippen LogP) is 4.69. The summed E-state index contributed by atoms with van der Waals surface area (Å²) in [6, 6.07) is 11.8. The molecule has 2 aromatic rings. The minimum absolute atomic E-state index is 0.00534. The van der Waals surface area contributed by atoms with Gasteiger partial charge in [-0.2, -0.15) is 0 Å². The molecule has 0 aromatic heterocycles. The highest BCUT2D eigenvalue weighted by atomic mass is 35.5. The van der Waals surface area contributed by atoms with Crippen LogP contribution in [-0.4, -0.2) is 16.1 Å². The first-order chi connectivity index (χ1) is 10.6. The molecule has 0 atom stereocenters. The second-order valence-electron chi connectivity index (χ2n) is 6.14. The fourth-order valence-corrected chi connectivity index (χ4v) is 1.93. The quantitative estimate of drug-likeness (QED) is 0.662. The minimum Gasteiger partial charge on any atom is -0.508 e. The predicted molar refractivity (Wildman–Crippen MR) is 94.2 cm³/mol. The van der Waals surface area contributed by atoms with Gasteiger partial charge in [0.2, 0.25) is 5.91 Å². The van der Waals surface area contributed by atoms with Crippen molar-refractivity contribution in [1.82, 2.24) is 0 Å². The molecule has 2 aromatic carbocycles. The molecular weight excluding hydrogens is 314 g/mol. The molecule has 0 spiro atoms. The second kappa shape index (κ2) is 7.88. The topological polar surface area (TPSA) is 69.6 Å². The first-order valence-electron chi connectivity index (χ1n) is 7.15. The standard InChI is InChI=1S/C10H14O.C8H8ClNO2/c1-10(2,3)8-4-6-9(11)7-5-8;1-5(11)10-6-2-3-8(12)7(9)4-6/h4-7,11H,1-3H3;2-4,12H,1H3,(H,10,11). The summed E-state index contributed by atoms with van der Waals surface area (Å²) in [6.45, 7) is 7.86. The molecule has 0 aliphatic rings. The number of carbonyl (C=O) groups is 1. The van der Waals surface area contributed by atoms with Crippen molar-refractivity contribution in [3.8, 4) is 11.5 Å². The largest absolute Gasteiger partial charge is 0.508 e. The third-order valence-corrected chi connectivity index (χ3v) is 3.30. The zero-order chi connectivity index (χ0) is 17.6. The summed E-state index contributed by atoms with van der Waals surface area (Å²) in [7, 11) is 0. The van der Waals surface area contributed by atoms with E-state index in [1.807, 2.05) is 12.1 Å². The molecule has 0 bridgehead atoms. The third-order valence-electron chi connectivity index (χ3n) is 3.00. The SMILES string of the molecule is CC(=O)Nc1ccc(O)c(Cl)c1.CC(C)(C)c1ccc(O)cc1. The van der Waals surface area contributed by atoms with Crippen molar-refractivity contribution in [2.24, 2.45) is 0 Å². The molecule has 1 amide bonds. The van der Waals surface area contributed by atoms with Crippen LogP contribution in [0, 0.1) is 0 Å². The fraction of sp³-hybridized carbons (Fsp3) is 0.278. The van der Waals surface area contributed by atoms with Crippen LogP contribution in [-0.2, 0) is 10.2 Å². The Morgan fingerprint density at radius 3 is 2.04 bits per heavy atom. The van der Waals surface area contributed by atoms with Crippen molar-refractivity contribution in [3.63, 3.8) is 0 Å². The van der Waals surface area contributed by atoms with E-state index in [1.165, 1.54) is 24.6 Å². The molecule has 5 heteroatoms. The van der Waals surface area contributed by atoms with E-state index in [1.54, 1.807) is 18.2 Å². The van der Waals surface area contributed by atoms with Crippen LogP contribution in [0.15, 0.2) is 42.5 Å². The molecule has 0 fully saturated rings. The number of halogens is 1. The number of benzene rings is 2. The van der Waals surface area contributed by atoms with Gasteiger partial charge >= 0.3 is 0 Å². The van der Waals surface area contributed by atoms with Gasteiger partial charge < -0.3 is 15.5 Å². The molecular formula is C18H22ClNO3. The number of rotatable bonds is 1. The highest BCUT2D eigenvalue weighted by Gasteiger charge is 2.12. The Morgan fingerprint density at radius 2 is 1.61 bits per heavy atom. The number of amides is 1. The van der Waals surface area contributed by atoms with Crippen molar-refractivity contribution >= 4 is 23.2 Å². The van der Waals surface area contributed by atoms with Crippen LogP contribution in [0.2, 0.25) is 5.02 Å². The van der Waals surface area contributed by atoms with Gasteiger partial charge in [-0.3, -0.25) is 4.79 Å². The number of phenolic OH excluding ortho intramolecular Hbond substituents is 2. The minimum atomic E-state index is -0.170. The van der Waals surface area contributed by atoms with Gasteiger partial charge in [0, 0.05) is 12.6 Å². The number of nitrogens with one attached hydrogen (secondary N) is 1. The molecule has 0 unspecified atom stereocenters. The maximum atomic E-state index is 10.6. The van der Waals surface area contributed by atoms with E-state index in [0.717, 1.165) is 0 Å². The molecule has 23 heavy (non-hydrogen) atoms. The third kappa shape index (κ3) is 6.61. The van der Waals surface area contributed by atoms with Crippen LogP contribution in [0.1, 0.15) is 33.3 Å². The second-order valence-corrected chi connectivity index (χ2v) is 6.55. The monoisotopic (exact) mass is 335 g/mol. The Morgan fingerprint density at radius 1 is 1.04 bits per heavy atom. The van der Waals surface area contributed by atoms with Crippen LogP contribution < -0.4 is 5.32 Å². The molecule has 124 valence electrons. The van der Waals surface area contributed by atoms with Crippen LogP contribution in [0.3, 0.4) is 0 Å². The Kier molecular flexibility index (Phi) is 6.46. The Balaban J connectivity index is 0.000000231. The summed E-state index contributed by atoms with van der Waals surface area (Å²) in [5, 5.41) is 20.8. The summed E-state index contributed by atoms with van der Waals surface area (Å²) < 4.78 is 0. The van der Waals surface area contributed by atoms with Crippen LogP contribution >= 0.6 is 11.6 Å². The lowest BCUT2D eigenvalue weighted by Crippen LogP contribution is -2.10. The van der Waals surface area contributed by atoms with E-state index < -0.39 is 0 Å². The number of hydrogen-bond donors (Lipinski definition) is 3.